The monoisotopic (exact) mass is 433 g/mol. The Morgan fingerprint density at radius 1 is 1.07 bits per heavy atom. The molecule has 10 heteroatoms. The number of hydrogen-bond acceptors (Lipinski definition) is 6. The summed E-state index contributed by atoms with van der Waals surface area (Å²) in [5.41, 5.74) is 0.182. The summed E-state index contributed by atoms with van der Waals surface area (Å²) in [5, 5.41) is 13.6. The van der Waals surface area contributed by atoms with Crippen molar-refractivity contribution in [2.75, 3.05) is 25.5 Å². The van der Waals surface area contributed by atoms with Gasteiger partial charge in [0.25, 0.3) is 11.6 Å². The zero-order valence-corrected chi connectivity index (χ0v) is 17.4. The molecule has 0 bridgehead atoms. The Morgan fingerprint density at radius 2 is 1.70 bits per heavy atom. The normalized spacial score (nSPS) is 15.2. The van der Waals surface area contributed by atoms with Crippen molar-refractivity contribution in [3.8, 4) is 5.75 Å². The maximum absolute atomic E-state index is 12.8. The molecule has 0 aliphatic carbocycles. The fourth-order valence-corrected chi connectivity index (χ4v) is 4.83. The van der Waals surface area contributed by atoms with Gasteiger partial charge >= 0.3 is 0 Å². The maximum atomic E-state index is 12.8. The molecule has 0 saturated carbocycles. The summed E-state index contributed by atoms with van der Waals surface area (Å²) in [6.45, 7) is 0.994. The van der Waals surface area contributed by atoms with Crippen molar-refractivity contribution in [1.82, 2.24) is 4.31 Å². The van der Waals surface area contributed by atoms with Gasteiger partial charge in [-0.25, -0.2) is 8.42 Å². The van der Waals surface area contributed by atoms with Crippen LogP contribution in [0, 0.1) is 10.1 Å². The molecule has 0 atom stereocenters. The Hall–Kier alpha value is -2.98. The number of carbonyl (C=O) groups is 1. The number of anilines is 1. The van der Waals surface area contributed by atoms with Gasteiger partial charge in [0.05, 0.1) is 22.6 Å². The average Bonchev–Trinajstić information content (AvgIpc) is 3.04. The molecule has 9 nitrogen and oxygen atoms in total. The fourth-order valence-electron chi connectivity index (χ4n) is 3.31. The van der Waals surface area contributed by atoms with E-state index in [4.69, 9.17) is 4.74 Å². The number of non-ortho nitro benzene ring substituents is 1. The van der Waals surface area contributed by atoms with Crippen LogP contribution in [-0.4, -0.2) is 43.8 Å². The van der Waals surface area contributed by atoms with Crippen molar-refractivity contribution in [2.24, 2.45) is 0 Å². The summed E-state index contributed by atoms with van der Waals surface area (Å²) < 4.78 is 32.3. The highest BCUT2D eigenvalue weighted by Gasteiger charge is 2.25. The van der Waals surface area contributed by atoms with Gasteiger partial charge in [-0.1, -0.05) is 12.8 Å². The first-order valence-corrected chi connectivity index (χ1v) is 11.0. The highest BCUT2D eigenvalue weighted by molar-refractivity contribution is 7.89. The predicted molar refractivity (Wildman–Crippen MR) is 111 cm³/mol. The minimum atomic E-state index is -3.61. The summed E-state index contributed by atoms with van der Waals surface area (Å²) in [5.74, 6) is -0.262. The molecule has 0 spiro atoms. The number of amides is 1. The molecule has 30 heavy (non-hydrogen) atoms. The molecule has 1 saturated heterocycles. The first-order valence-electron chi connectivity index (χ1n) is 9.57. The molecule has 1 heterocycles. The number of ether oxygens (including phenoxy) is 1. The molecule has 0 radical (unpaired) electrons. The minimum absolute atomic E-state index is 0.133. The molecule has 2 aromatic rings. The molecule has 1 aliphatic heterocycles. The molecule has 3 rings (SSSR count). The van der Waals surface area contributed by atoms with Crippen molar-refractivity contribution in [2.45, 2.75) is 30.6 Å². The van der Waals surface area contributed by atoms with Crippen LogP contribution in [0.5, 0.6) is 5.75 Å². The Balaban J connectivity index is 1.79. The van der Waals surface area contributed by atoms with E-state index in [2.05, 4.69) is 5.32 Å². The Morgan fingerprint density at radius 3 is 2.27 bits per heavy atom. The number of nitrogens with zero attached hydrogens (tertiary/aromatic N) is 2. The summed E-state index contributed by atoms with van der Waals surface area (Å²) in [7, 11) is -2.22. The lowest BCUT2D eigenvalue weighted by atomic mass is 10.2. The van der Waals surface area contributed by atoms with Crippen LogP contribution >= 0.6 is 0 Å². The van der Waals surface area contributed by atoms with Crippen LogP contribution in [0.1, 0.15) is 36.0 Å². The van der Waals surface area contributed by atoms with E-state index >= 15 is 0 Å². The lowest BCUT2D eigenvalue weighted by molar-refractivity contribution is -0.384. The highest BCUT2D eigenvalue weighted by Crippen LogP contribution is 2.29. The fraction of sp³-hybridized carbons (Fsp3) is 0.350. The number of sulfonamides is 1. The van der Waals surface area contributed by atoms with E-state index in [1.54, 1.807) is 0 Å². The zero-order valence-electron chi connectivity index (χ0n) is 16.5. The van der Waals surface area contributed by atoms with E-state index in [-0.39, 0.29) is 27.6 Å². The minimum Gasteiger partial charge on any atom is -0.495 e. The van der Waals surface area contributed by atoms with Gasteiger partial charge in [0.2, 0.25) is 10.0 Å². The molecule has 160 valence electrons. The summed E-state index contributed by atoms with van der Waals surface area (Å²) in [4.78, 5) is 23.1. The molecule has 0 unspecified atom stereocenters. The second-order valence-corrected chi connectivity index (χ2v) is 8.88. The van der Waals surface area contributed by atoms with Gasteiger partial charge in [-0.15, -0.1) is 0 Å². The second kappa shape index (κ2) is 9.23. The SMILES string of the molecule is COc1ccc([N+](=O)[O-])cc1NC(=O)c1ccc(S(=O)(=O)N2CCCCCC2)cc1. The molecule has 0 aromatic heterocycles. The summed E-state index contributed by atoms with van der Waals surface area (Å²) >= 11 is 0. The summed E-state index contributed by atoms with van der Waals surface area (Å²) in [6, 6.07) is 9.52. The van der Waals surface area contributed by atoms with E-state index in [1.165, 1.54) is 53.9 Å². The number of methoxy groups -OCH3 is 1. The van der Waals surface area contributed by atoms with Gasteiger partial charge in [-0.3, -0.25) is 14.9 Å². The Labute approximate surface area is 174 Å². The topological polar surface area (TPSA) is 119 Å². The predicted octanol–water partition coefficient (Wildman–Crippen LogP) is 3.42. The zero-order chi connectivity index (χ0) is 21.7. The standard InChI is InChI=1S/C20H23N3O6S/c1-29-19-11-8-16(23(25)26)14-18(19)21-20(24)15-6-9-17(10-7-15)30(27,28)22-12-4-2-3-5-13-22/h6-11,14H,2-5,12-13H2,1H3,(H,21,24). The lowest BCUT2D eigenvalue weighted by Gasteiger charge is -2.20. The van der Waals surface area contributed by atoms with Gasteiger partial charge in [0.1, 0.15) is 5.75 Å². The van der Waals surface area contributed by atoms with Crippen molar-refractivity contribution in [3.05, 3.63) is 58.1 Å². The van der Waals surface area contributed by atoms with Crippen LogP contribution in [-0.2, 0) is 10.0 Å². The first kappa shape index (κ1) is 21.7. The van der Waals surface area contributed by atoms with Crippen LogP contribution in [0.25, 0.3) is 0 Å². The van der Waals surface area contributed by atoms with Crippen LogP contribution in [0.15, 0.2) is 47.4 Å². The number of nitro benzene ring substituents is 1. The molecule has 2 aromatic carbocycles. The summed E-state index contributed by atoms with van der Waals surface area (Å²) in [6.07, 6.45) is 3.72. The Bertz CT molecular complexity index is 1030. The number of nitrogens with one attached hydrogen (secondary N) is 1. The van der Waals surface area contributed by atoms with Crippen molar-refractivity contribution >= 4 is 27.3 Å². The maximum Gasteiger partial charge on any atom is 0.271 e. The second-order valence-electron chi connectivity index (χ2n) is 6.94. The number of carbonyl (C=O) groups excluding carboxylic acids is 1. The molecule has 1 N–H and O–H groups in total. The van der Waals surface area contributed by atoms with Crippen molar-refractivity contribution < 1.29 is 22.9 Å². The van der Waals surface area contributed by atoms with Crippen molar-refractivity contribution in [1.29, 1.82) is 0 Å². The van der Waals surface area contributed by atoms with Gasteiger partial charge in [0.15, 0.2) is 0 Å². The third-order valence-corrected chi connectivity index (χ3v) is 6.87. The third kappa shape index (κ3) is 4.77. The smallest absolute Gasteiger partial charge is 0.271 e. The van der Waals surface area contributed by atoms with Gasteiger partial charge in [0, 0.05) is 30.8 Å². The van der Waals surface area contributed by atoms with Gasteiger partial charge in [-0.05, 0) is 43.2 Å². The van der Waals surface area contributed by atoms with Crippen LogP contribution in [0.3, 0.4) is 0 Å². The average molecular weight is 433 g/mol. The van der Waals surface area contributed by atoms with E-state index in [0.717, 1.165) is 25.7 Å². The molecular formula is C20H23N3O6S. The van der Waals surface area contributed by atoms with E-state index < -0.39 is 20.9 Å². The van der Waals surface area contributed by atoms with E-state index in [0.29, 0.717) is 13.1 Å². The van der Waals surface area contributed by atoms with Crippen LogP contribution in [0.4, 0.5) is 11.4 Å². The van der Waals surface area contributed by atoms with Gasteiger partial charge < -0.3 is 10.1 Å². The Kier molecular flexibility index (Phi) is 6.68. The molecular weight excluding hydrogens is 410 g/mol. The number of rotatable bonds is 6. The van der Waals surface area contributed by atoms with Crippen LogP contribution in [0.2, 0.25) is 0 Å². The van der Waals surface area contributed by atoms with Gasteiger partial charge in [-0.2, -0.15) is 4.31 Å². The molecule has 1 fully saturated rings. The molecule has 1 aliphatic rings. The highest BCUT2D eigenvalue weighted by atomic mass is 32.2. The van der Waals surface area contributed by atoms with Crippen molar-refractivity contribution in [3.63, 3.8) is 0 Å². The van der Waals surface area contributed by atoms with Crippen LogP contribution < -0.4 is 10.1 Å². The third-order valence-electron chi connectivity index (χ3n) is 4.96. The number of benzene rings is 2. The van der Waals surface area contributed by atoms with E-state index in [9.17, 15) is 23.3 Å². The number of nitro groups is 1. The quantitative estimate of drug-likeness (QED) is 0.551. The molecule has 1 amide bonds. The first-order chi connectivity index (χ1) is 14.3. The largest absolute Gasteiger partial charge is 0.495 e. The van der Waals surface area contributed by atoms with E-state index in [1.807, 2.05) is 0 Å². The number of hydrogen-bond donors (Lipinski definition) is 1. The lowest BCUT2D eigenvalue weighted by Crippen LogP contribution is -2.31.